The van der Waals surface area contributed by atoms with Crippen LogP contribution in [0.3, 0.4) is 0 Å². The molecule has 0 aliphatic carbocycles. The molecule has 0 atom stereocenters. The van der Waals surface area contributed by atoms with Gasteiger partial charge in [-0.2, -0.15) is 9.59 Å². The standard InChI is InChI=1S/C19H13NO.CO2/c1-3-21-18-13-10-14-6-4-5-7-17(14)19(18)15-8-11-16(20-2)12-9-15;2-1-3/h3-13H,1H2;. The Morgan fingerprint density at radius 1 is 1.00 bits per heavy atom. The molecule has 0 aliphatic rings. The molecule has 0 heterocycles. The van der Waals surface area contributed by atoms with Gasteiger partial charge >= 0.3 is 6.15 Å². The lowest BCUT2D eigenvalue weighted by atomic mass is 9.97. The summed E-state index contributed by atoms with van der Waals surface area (Å²) >= 11 is 0. The molecule has 24 heavy (non-hydrogen) atoms. The first kappa shape index (κ1) is 16.7. The summed E-state index contributed by atoms with van der Waals surface area (Å²) in [6.07, 6.45) is 1.68. The normalized spacial score (nSPS) is 9.12. The average molecular weight is 315 g/mol. The Morgan fingerprint density at radius 3 is 2.29 bits per heavy atom. The van der Waals surface area contributed by atoms with Gasteiger partial charge in [0.15, 0.2) is 5.69 Å². The van der Waals surface area contributed by atoms with Crippen LogP contribution < -0.4 is 4.74 Å². The Balaban J connectivity index is 0.000000647. The number of carbonyl (C=O) groups excluding carboxylic acids is 2. The van der Waals surface area contributed by atoms with Crippen molar-refractivity contribution in [1.82, 2.24) is 0 Å². The van der Waals surface area contributed by atoms with Gasteiger partial charge in [0.1, 0.15) is 5.75 Å². The fraction of sp³-hybridized carbons (Fsp3) is 0. The average Bonchev–Trinajstić information content (AvgIpc) is 2.63. The fourth-order valence-electron chi connectivity index (χ4n) is 2.44. The van der Waals surface area contributed by atoms with Crippen LogP contribution in [0.25, 0.3) is 26.7 Å². The van der Waals surface area contributed by atoms with E-state index in [1.165, 1.54) is 6.26 Å². The molecule has 0 aromatic heterocycles. The number of ether oxygens (including phenoxy) is 1. The molecule has 3 rings (SSSR count). The van der Waals surface area contributed by atoms with Crippen molar-refractivity contribution in [3.63, 3.8) is 0 Å². The van der Waals surface area contributed by atoms with Crippen LogP contribution >= 0.6 is 0 Å². The van der Waals surface area contributed by atoms with Crippen molar-refractivity contribution in [3.8, 4) is 16.9 Å². The Labute approximate surface area is 139 Å². The van der Waals surface area contributed by atoms with E-state index in [-0.39, 0.29) is 6.15 Å². The van der Waals surface area contributed by atoms with E-state index < -0.39 is 0 Å². The Morgan fingerprint density at radius 2 is 1.67 bits per heavy atom. The van der Waals surface area contributed by atoms with Crippen LogP contribution in [0.4, 0.5) is 5.69 Å². The van der Waals surface area contributed by atoms with E-state index in [0.29, 0.717) is 5.69 Å². The van der Waals surface area contributed by atoms with Crippen molar-refractivity contribution in [2.45, 2.75) is 0 Å². The first-order valence-electron chi connectivity index (χ1n) is 7.01. The van der Waals surface area contributed by atoms with Crippen molar-refractivity contribution < 1.29 is 14.3 Å². The summed E-state index contributed by atoms with van der Waals surface area (Å²) in [4.78, 5) is 19.7. The molecule has 0 saturated heterocycles. The van der Waals surface area contributed by atoms with Gasteiger partial charge in [-0.05, 0) is 22.4 Å². The van der Waals surface area contributed by atoms with Crippen LogP contribution in [-0.2, 0) is 9.59 Å². The van der Waals surface area contributed by atoms with E-state index in [1.807, 2.05) is 48.5 Å². The summed E-state index contributed by atoms with van der Waals surface area (Å²) in [5.74, 6) is 0.763. The minimum Gasteiger partial charge on any atom is -0.465 e. The number of benzene rings is 3. The largest absolute Gasteiger partial charge is 0.465 e. The van der Waals surface area contributed by atoms with Crippen molar-refractivity contribution in [2.75, 3.05) is 0 Å². The Bertz CT molecular complexity index is 931. The number of rotatable bonds is 3. The minimum atomic E-state index is 0.250. The molecule has 0 fully saturated rings. The topological polar surface area (TPSA) is 47.7 Å². The van der Waals surface area contributed by atoms with Crippen LogP contribution in [0.5, 0.6) is 5.75 Å². The van der Waals surface area contributed by atoms with Crippen LogP contribution in [0.1, 0.15) is 0 Å². The first-order chi connectivity index (χ1) is 11.7. The van der Waals surface area contributed by atoms with E-state index in [1.54, 1.807) is 0 Å². The van der Waals surface area contributed by atoms with Gasteiger partial charge in [0.05, 0.1) is 12.8 Å². The van der Waals surface area contributed by atoms with Crippen molar-refractivity contribution in [1.29, 1.82) is 0 Å². The highest BCUT2D eigenvalue weighted by atomic mass is 16.5. The zero-order valence-corrected chi connectivity index (χ0v) is 12.7. The number of nitrogens with zero attached hydrogens (tertiary/aromatic N) is 1. The smallest absolute Gasteiger partial charge is 0.373 e. The van der Waals surface area contributed by atoms with Gasteiger partial charge in [0.2, 0.25) is 0 Å². The van der Waals surface area contributed by atoms with E-state index in [4.69, 9.17) is 20.9 Å². The monoisotopic (exact) mass is 315 g/mol. The number of hydrogen-bond donors (Lipinski definition) is 0. The lowest BCUT2D eigenvalue weighted by Crippen LogP contribution is -1.88. The molecule has 4 nitrogen and oxygen atoms in total. The van der Waals surface area contributed by atoms with Gasteiger partial charge in [-0.15, -0.1) is 0 Å². The van der Waals surface area contributed by atoms with Gasteiger partial charge in [-0.3, -0.25) is 0 Å². The molecule has 3 aromatic carbocycles. The van der Waals surface area contributed by atoms with Gasteiger partial charge in [0, 0.05) is 5.56 Å². The molecule has 0 spiro atoms. The Kier molecular flexibility index (Phi) is 5.63. The second-order valence-electron chi connectivity index (χ2n) is 4.69. The van der Waals surface area contributed by atoms with E-state index in [9.17, 15) is 0 Å². The van der Waals surface area contributed by atoms with Crippen LogP contribution in [-0.4, -0.2) is 6.15 Å². The highest BCUT2D eigenvalue weighted by Crippen LogP contribution is 2.37. The summed E-state index contributed by atoms with van der Waals surface area (Å²) in [6, 6.07) is 19.7. The maximum atomic E-state index is 8.12. The minimum absolute atomic E-state index is 0.250. The molecule has 0 N–H and O–H groups in total. The molecule has 0 bridgehead atoms. The second kappa shape index (κ2) is 8.09. The fourth-order valence-corrected chi connectivity index (χ4v) is 2.44. The first-order valence-corrected chi connectivity index (χ1v) is 7.01. The third-order valence-corrected chi connectivity index (χ3v) is 3.39. The van der Waals surface area contributed by atoms with Crippen LogP contribution in [0.15, 0.2) is 73.5 Å². The summed E-state index contributed by atoms with van der Waals surface area (Å²) in [7, 11) is 0. The van der Waals surface area contributed by atoms with E-state index in [0.717, 1.165) is 27.6 Å². The third-order valence-electron chi connectivity index (χ3n) is 3.39. The molecule has 0 unspecified atom stereocenters. The zero-order valence-electron chi connectivity index (χ0n) is 12.7. The van der Waals surface area contributed by atoms with Gasteiger partial charge in [0.25, 0.3) is 0 Å². The number of hydrogen-bond acceptors (Lipinski definition) is 3. The van der Waals surface area contributed by atoms with Gasteiger partial charge in [-0.1, -0.05) is 61.2 Å². The zero-order chi connectivity index (χ0) is 17.4. The molecular weight excluding hydrogens is 302 g/mol. The molecule has 0 radical (unpaired) electrons. The van der Waals surface area contributed by atoms with Crippen molar-refractivity contribution in [3.05, 3.63) is 84.9 Å². The molecule has 116 valence electrons. The SMILES string of the molecule is O=C=O.[C-]#[N+]c1ccc(-c2c(OC=C)ccc3ccccc23)cc1. The van der Waals surface area contributed by atoms with Crippen molar-refractivity contribution >= 4 is 22.6 Å². The predicted octanol–water partition coefficient (Wildman–Crippen LogP) is 5.00. The maximum absolute atomic E-state index is 8.12. The van der Waals surface area contributed by atoms with Crippen molar-refractivity contribution in [2.24, 2.45) is 0 Å². The van der Waals surface area contributed by atoms with Gasteiger partial charge < -0.3 is 4.74 Å². The molecule has 0 saturated carbocycles. The summed E-state index contributed by atoms with van der Waals surface area (Å²) < 4.78 is 5.56. The molecule has 0 aliphatic heterocycles. The summed E-state index contributed by atoms with van der Waals surface area (Å²) in [5, 5.41) is 2.27. The third kappa shape index (κ3) is 3.56. The van der Waals surface area contributed by atoms with E-state index in [2.05, 4.69) is 23.6 Å². The quantitative estimate of drug-likeness (QED) is 0.505. The summed E-state index contributed by atoms with van der Waals surface area (Å²) in [5.41, 5.74) is 2.67. The highest BCUT2D eigenvalue weighted by Gasteiger charge is 2.10. The molecule has 3 aromatic rings. The lowest BCUT2D eigenvalue weighted by molar-refractivity contribution is -0.191. The lowest BCUT2D eigenvalue weighted by Gasteiger charge is -2.12. The molecular formula is C20H13NO3. The maximum Gasteiger partial charge on any atom is 0.373 e. The second-order valence-corrected chi connectivity index (χ2v) is 4.69. The van der Waals surface area contributed by atoms with E-state index >= 15 is 0 Å². The summed E-state index contributed by atoms with van der Waals surface area (Å²) in [6.45, 7) is 10.7. The molecule has 0 amide bonds. The predicted molar refractivity (Wildman–Crippen MR) is 91.5 cm³/mol. The van der Waals surface area contributed by atoms with Crippen LogP contribution in [0, 0.1) is 6.57 Å². The highest BCUT2D eigenvalue weighted by molar-refractivity contribution is 5.99. The number of fused-ring (bicyclic) bond motifs is 1. The molecule has 4 heteroatoms. The Hall–Kier alpha value is -3.67. The van der Waals surface area contributed by atoms with Gasteiger partial charge in [-0.25, -0.2) is 4.85 Å². The van der Waals surface area contributed by atoms with Crippen LogP contribution in [0.2, 0.25) is 0 Å².